The van der Waals surface area contributed by atoms with Gasteiger partial charge in [0.05, 0.1) is 5.56 Å². The average molecular weight is 319 g/mol. The van der Waals surface area contributed by atoms with E-state index in [0.717, 1.165) is 9.13 Å². The van der Waals surface area contributed by atoms with Crippen molar-refractivity contribution in [2.45, 2.75) is 6.54 Å². The molecule has 1 rings (SSSR count). The Hall–Kier alpha value is -1.31. The zero-order chi connectivity index (χ0) is 11.4. The van der Waals surface area contributed by atoms with E-state index < -0.39 is 5.97 Å². The molecular formula is C9H10IN3O2. The van der Waals surface area contributed by atoms with E-state index in [9.17, 15) is 4.79 Å². The van der Waals surface area contributed by atoms with Gasteiger partial charge in [-0.25, -0.2) is 4.79 Å². The summed E-state index contributed by atoms with van der Waals surface area (Å²) in [5.41, 5.74) is 6.31. The maximum atomic E-state index is 10.7. The van der Waals surface area contributed by atoms with Crippen LogP contribution in [-0.4, -0.2) is 17.0 Å². The molecule has 0 heterocycles. The van der Waals surface area contributed by atoms with Gasteiger partial charge in [0.1, 0.15) is 0 Å². The standard InChI is InChI=1S/C9H10IN3O2/c10-7-3-5(8(14)15)1-2-6(7)4-13-9(11)12/h1-3H,4H2,(H,14,15)(H4,11,12,13). The van der Waals surface area contributed by atoms with Gasteiger partial charge >= 0.3 is 5.97 Å². The zero-order valence-electron chi connectivity index (χ0n) is 7.75. The van der Waals surface area contributed by atoms with Crippen LogP contribution in [0.2, 0.25) is 0 Å². The molecule has 5 nitrogen and oxygen atoms in total. The Morgan fingerprint density at radius 3 is 2.73 bits per heavy atom. The second kappa shape index (κ2) is 4.96. The van der Waals surface area contributed by atoms with Crippen molar-refractivity contribution in [3.05, 3.63) is 32.9 Å². The predicted molar refractivity (Wildman–Crippen MR) is 64.9 cm³/mol. The van der Waals surface area contributed by atoms with Gasteiger partial charge in [-0.05, 0) is 40.3 Å². The van der Waals surface area contributed by atoms with Crippen molar-refractivity contribution in [1.82, 2.24) is 5.32 Å². The molecular weight excluding hydrogens is 309 g/mol. The number of carboxylic acids is 1. The molecule has 0 unspecified atom stereocenters. The highest BCUT2D eigenvalue weighted by Crippen LogP contribution is 2.14. The lowest BCUT2D eigenvalue weighted by Crippen LogP contribution is -2.29. The molecule has 0 radical (unpaired) electrons. The van der Waals surface area contributed by atoms with Crippen molar-refractivity contribution in [2.75, 3.05) is 0 Å². The number of aromatic carboxylic acids is 1. The Morgan fingerprint density at radius 2 is 2.27 bits per heavy atom. The molecule has 6 heteroatoms. The summed E-state index contributed by atoms with van der Waals surface area (Å²) in [4.78, 5) is 10.7. The maximum absolute atomic E-state index is 10.7. The molecule has 0 aromatic heterocycles. The summed E-state index contributed by atoms with van der Waals surface area (Å²) >= 11 is 2.05. The van der Waals surface area contributed by atoms with Crippen LogP contribution >= 0.6 is 22.6 Å². The second-order valence-corrected chi connectivity index (χ2v) is 4.04. The summed E-state index contributed by atoms with van der Waals surface area (Å²) in [7, 11) is 0. The van der Waals surface area contributed by atoms with Gasteiger partial charge in [0.15, 0.2) is 5.96 Å². The lowest BCUT2D eigenvalue weighted by Gasteiger charge is -2.06. The van der Waals surface area contributed by atoms with Crippen LogP contribution < -0.4 is 11.1 Å². The first-order valence-electron chi connectivity index (χ1n) is 4.10. The van der Waals surface area contributed by atoms with Gasteiger partial charge in [0, 0.05) is 10.1 Å². The summed E-state index contributed by atoms with van der Waals surface area (Å²) < 4.78 is 0.834. The molecule has 15 heavy (non-hydrogen) atoms. The van der Waals surface area contributed by atoms with Crippen molar-refractivity contribution in [3.63, 3.8) is 0 Å². The largest absolute Gasteiger partial charge is 0.478 e. The fourth-order valence-corrected chi connectivity index (χ4v) is 1.72. The minimum absolute atomic E-state index is 0.104. The van der Waals surface area contributed by atoms with Crippen LogP contribution in [0.1, 0.15) is 15.9 Å². The lowest BCUT2D eigenvalue weighted by atomic mass is 10.1. The molecule has 0 atom stereocenters. The minimum Gasteiger partial charge on any atom is -0.478 e. The Kier molecular flexibility index (Phi) is 3.89. The average Bonchev–Trinajstić information content (AvgIpc) is 2.15. The quantitative estimate of drug-likeness (QED) is 0.379. The van der Waals surface area contributed by atoms with Crippen molar-refractivity contribution < 1.29 is 9.90 Å². The van der Waals surface area contributed by atoms with Crippen LogP contribution in [0, 0.1) is 8.98 Å². The van der Waals surface area contributed by atoms with Gasteiger partial charge in [0.2, 0.25) is 0 Å². The van der Waals surface area contributed by atoms with E-state index in [4.69, 9.17) is 16.2 Å². The normalized spacial score (nSPS) is 9.67. The number of hydrogen-bond acceptors (Lipinski definition) is 2. The van der Waals surface area contributed by atoms with Crippen LogP contribution in [0.4, 0.5) is 0 Å². The molecule has 80 valence electrons. The SMILES string of the molecule is N=C(N)NCc1ccc(C(=O)O)cc1I. The highest BCUT2D eigenvalue weighted by atomic mass is 127. The fourth-order valence-electron chi connectivity index (χ4n) is 1.01. The number of hydrogen-bond donors (Lipinski definition) is 4. The summed E-state index contributed by atoms with van der Waals surface area (Å²) in [6, 6.07) is 4.82. The van der Waals surface area contributed by atoms with Crippen molar-refractivity contribution >= 4 is 34.5 Å². The van der Waals surface area contributed by atoms with Crippen LogP contribution in [0.5, 0.6) is 0 Å². The number of nitrogens with one attached hydrogen (secondary N) is 2. The second-order valence-electron chi connectivity index (χ2n) is 2.88. The molecule has 0 amide bonds. The van der Waals surface area contributed by atoms with Gasteiger partial charge in [-0.3, -0.25) is 5.41 Å². The number of halogens is 1. The van der Waals surface area contributed by atoms with Crippen LogP contribution in [0.3, 0.4) is 0 Å². The summed E-state index contributed by atoms with van der Waals surface area (Å²) in [5.74, 6) is -1.05. The van der Waals surface area contributed by atoms with E-state index in [1.165, 1.54) is 6.07 Å². The Morgan fingerprint density at radius 1 is 1.60 bits per heavy atom. The summed E-state index contributed by atoms with van der Waals surface area (Å²) in [5, 5.41) is 18.4. The summed E-state index contributed by atoms with van der Waals surface area (Å²) in [6.07, 6.45) is 0. The smallest absolute Gasteiger partial charge is 0.335 e. The molecule has 1 aromatic carbocycles. The topological polar surface area (TPSA) is 99.2 Å². The molecule has 0 saturated carbocycles. The molecule has 0 fully saturated rings. The molecule has 0 bridgehead atoms. The minimum atomic E-state index is -0.945. The molecule has 5 N–H and O–H groups in total. The third kappa shape index (κ3) is 3.39. The molecule has 0 aliphatic rings. The van der Waals surface area contributed by atoms with Gasteiger partial charge < -0.3 is 16.2 Å². The molecule has 0 aliphatic carbocycles. The van der Waals surface area contributed by atoms with Crippen LogP contribution in [-0.2, 0) is 6.54 Å². The number of guanidine groups is 1. The molecule has 0 spiro atoms. The van der Waals surface area contributed by atoms with Gasteiger partial charge in [-0.15, -0.1) is 0 Å². The predicted octanol–water partition coefficient (Wildman–Crippen LogP) is 0.972. The van der Waals surface area contributed by atoms with Crippen LogP contribution in [0.25, 0.3) is 0 Å². The van der Waals surface area contributed by atoms with Crippen molar-refractivity contribution in [2.24, 2.45) is 5.73 Å². The molecule has 1 aromatic rings. The number of nitrogens with two attached hydrogens (primary N) is 1. The molecule has 0 saturated heterocycles. The van der Waals surface area contributed by atoms with E-state index in [2.05, 4.69) is 27.9 Å². The van der Waals surface area contributed by atoms with E-state index in [1.54, 1.807) is 12.1 Å². The van der Waals surface area contributed by atoms with E-state index in [0.29, 0.717) is 6.54 Å². The summed E-state index contributed by atoms with van der Waals surface area (Å²) in [6.45, 7) is 0.424. The highest BCUT2D eigenvalue weighted by Gasteiger charge is 2.06. The number of carboxylic acid groups (broad SMARTS) is 1. The highest BCUT2D eigenvalue weighted by molar-refractivity contribution is 14.1. The third-order valence-electron chi connectivity index (χ3n) is 1.77. The zero-order valence-corrected chi connectivity index (χ0v) is 9.91. The molecule has 0 aliphatic heterocycles. The Labute approximate surface area is 100 Å². The monoisotopic (exact) mass is 319 g/mol. The fraction of sp³-hybridized carbons (Fsp3) is 0.111. The lowest BCUT2D eigenvalue weighted by molar-refractivity contribution is 0.0697. The van der Waals surface area contributed by atoms with Crippen molar-refractivity contribution in [1.29, 1.82) is 5.41 Å². The first-order valence-corrected chi connectivity index (χ1v) is 5.18. The van der Waals surface area contributed by atoms with Gasteiger partial charge in [0.25, 0.3) is 0 Å². The van der Waals surface area contributed by atoms with E-state index >= 15 is 0 Å². The number of rotatable bonds is 3. The first kappa shape index (κ1) is 11.8. The Balaban J connectivity index is 2.83. The number of benzene rings is 1. The van der Waals surface area contributed by atoms with Gasteiger partial charge in [-0.2, -0.15) is 0 Å². The number of carbonyl (C=O) groups is 1. The van der Waals surface area contributed by atoms with E-state index in [1.807, 2.05) is 0 Å². The third-order valence-corrected chi connectivity index (χ3v) is 2.77. The van der Waals surface area contributed by atoms with Crippen molar-refractivity contribution in [3.8, 4) is 0 Å². The Bertz CT molecular complexity index is 406. The first-order chi connectivity index (χ1) is 7.00. The van der Waals surface area contributed by atoms with Crippen LogP contribution in [0.15, 0.2) is 18.2 Å². The van der Waals surface area contributed by atoms with Gasteiger partial charge in [-0.1, -0.05) is 6.07 Å². The van der Waals surface area contributed by atoms with E-state index in [-0.39, 0.29) is 11.5 Å². The maximum Gasteiger partial charge on any atom is 0.335 e.